The Morgan fingerprint density at radius 3 is 1.27 bits per heavy atom. The summed E-state index contributed by atoms with van der Waals surface area (Å²) in [6.45, 7) is 15.9. The van der Waals surface area contributed by atoms with Crippen molar-refractivity contribution in [2.45, 2.75) is 34.1 Å². The maximum atomic E-state index is 3.84. The maximum absolute atomic E-state index is 3.84. The van der Waals surface area contributed by atoms with E-state index >= 15 is 0 Å². The van der Waals surface area contributed by atoms with Crippen molar-refractivity contribution in [3.8, 4) is 0 Å². The van der Waals surface area contributed by atoms with Crippen molar-refractivity contribution in [2.24, 2.45) is 0 Å². The molecule has 0 aliphatic heterocycles. The summed E-state index contributed by atoms with van der Waals surface area (Å²) in [7, 11) is 0. The Bertz CT molecular complexity index is 223. The van der Waals surface area contributed by atoms with Crippen LogP contribution in [0.2, 0.25) is 0 Å². The molecule has 0 amide bonds. The van der Waals surface area contributed by atoms with Crippen molar-refractivity contribution < 1.29 is 0 Å². The molecule has 0 atom stereocenters. The van der Waals surface area contributed by atoms with Crippen LogP contribution in [0.1, 0.15) is 34.1 Å². The molecule has 0 aromatic carbocycles. The van der Waals surface area contributed by atoms with Gasteiger partial charge in [-0.1, -0.05) is 69.9 Å². The number of allylic oxidation sites excluding steroid dienone is 8. The van der Waals surface area contributed by atoms with Gasteiger partial charge in [-0.25, -0.2) is 0 Å². The lowest BCUT2D eigenvalue weighted by Gasteiger charge is -1.89. The molecule has 0 spiro atoms. The van der Waals surface area contributed by atoms with Gasteiger partial charge in [-0.15, -0.1) is 0 Å². The summed E-state index contributed by atoms with van der Waals surface area (Å²) in [5.41, 5.74) is 1.98. The van der Waals surface area contributed by atoms with E-state index in [0.717, 1.165) is 11.1 Å². The van der Waals surface area contributed by atoms with Crippen molar-refractivity contribution in [3.05, 3.63) is 60.8 Å². The third-order valence-corrected chi connectivity index (χ3v) is 1.27. The van der Waals surface area contributed by atoms with Crippen LogP contribution in [0, 0.1) is 0 Å². The molecule has 0 radical (unpaired) electrons. The minimum absolute atomic E-state index is 0.989. The van der Waals surface area contributed by atoms with E-state index in [0.29, 0.717) is 0 Å². The van der Waals surface area contributed by atoms with Crippen molar-refractivity contribution in [2.75, 3.05) is 0 Å². The number of hydrogen-bond donors (Lipinski definition) is 0. The van der Waals surface area contributed by atoms with Crippen LogP contribution in [-0.2, 0) is 0 Å². The first-order chi connectivity index (χ1) is 7.12. The van der Waals surface area contributed by atoms with Crippen molar-refractivity contribution in [1.29, 1.82) is 0 Å². The highest BCUT2D eigenvalue weighted by Crippen LogP contribution is 2.00. The average molecular weight is 204 g/mol. The van der Waals surface area contributed by atoms with Crippen LogP contribution < -0.4 is 0 Å². The molecule has 0 aliphatic carbocycles. The molecule has 0 nitrogen and oxygen atoms in total. The molecular weight excluding hydrogens is 180 g/mol. The van der Waals surface area contributed by atoms with E-state index in [1.165, 1.54) is 6.42 Å². The second kappa shape index (κ2) is 12.7. The summed E-state index contributed by atoms with van der Waals surface area (Å²) in [5.74, 6) is 0. The van der Waals surface area contributed by atoms with E-state index in [4.69, 9.17) is 0 Å². The van der Waals surface area contributed by atoms with Gasteiger partial charge < -0.3 is 0 Å². The SMILES string of the molecule is C=C(/C=C\C(=C)/C=C/C)/C=C/C.CCC. The molecule has 15 heavy (non-hydrogen) atoms. The molecule has 0 aromatic heterocycles. The van der Waals surface area contributed by atoms with Gasteiger partial charge in [0.25, 0.3) is 0 Å². The molecule has 0 aromatic rings. The van der Waals surface area contributed by atoms with E-state index in [1.54, 1.807) is 0 Å². The smallest absolute Gasteiger partial charge is 0.0332 e. The molecule has 0 unspecified atom stereocenters. The molecule has 0 heterocycles. The molecule has 0 N–H and O–H groups in total. The predicted octanol–water partition coefficient (Wildman–Crippen LogP) is 5.22. The highest BCUT2D eigenvalue weighted by molar-refractivity contribution is 5.35. The summed E-state index contributed by atoms with van der Waals surface area (Å²) in [4.78, 5) is 0. The first-order valence-corrected chi connectivity index (χ1v) is 5.43. The van der Waals surface area contributed by atoms with Crippen LogP contribution >= 0.6 is 0 Å². The Morgan fingerprint density at radius 1 is 0.800 bits per heavy atom. The molecular formula is C15H24. The highest BCUT2D eigenvalue weighted by atomic mass is 13.9. The highest BCUT2D eigenvalue weighted by Gasteiger charge is 1.80. The van der Waals surface area contributed by atoms with Gasteiger partial charge >= 0.3 is 0 Å². The standard InChI is InChI=1S/C12H16.C3H8/c1-5-7-11(3)9-10-12(4)8-6-2;1-3-2/h5-10H,3-4H2,1-2H3;3H2,1-2H3/b7-5+,8-6+,10-9-;. The van der Waals surface area contributed by atoms with Crippen LogP contribution in [0.4, 0.5) is 0 Å². The van der Waals surface area contributed by atoms with Crippen molar-refractivity contribution >= 4 is 0 Å². The second-order valence-corrected chi connectivity index (χ2v) is 3.19. The maximum Gasteiger partial charge on any atom is -0.0332 e. The Labute approximate surface area is 95.4 Å². The molecule has 0 aliphatic rings. The van der Waals surface area contributed by atoms with Gasteiger partial charge in [-0.05, 0) is 25.0 Å². The molecule has 84 valence electrons. The van der Waals surface area contributed by atoms with Gasteiger partial charge in [-0.2, -0.15) is 0 Å². The first-order valence-electron chi connectivity index (χ1n) is 5.43. The summed E-state index contributed by atoms with van der Waals surface area (Å²) < 4.78 is 0. The monoisotopic (exact) mass is 204 g/mol. The lowest BCUT2D eigenvalue weighted by Crippen LogP contribution is -1.68. The third kappa shape index (κ3) is 15.5. The summed E-state index contributed by atoms with van der Waals surface area (Å²) >= 11 is 0. The zero-order valence-electron chi connectivity index (χ0n) is 10.6. The van der Waals surface area contributed by atoms with Gasteiger partial charge in [-0.3, -0.25) is 0 Å². The summed E-state index contributed by atoms with van der Waals surface area (Å²) in [6.07, 6.45) is 13.0. The molecule has 0 heteroatoms. The Morgan fingerprint density at radius 2 is 1.07 bits per heavy atom. The summed E-state index contributed by atoms with van der Waals surface area (Å²) in [5, 5.41) is 0. The second-order valence-electron chi connectivity index (χ2n) is 3.19. The Kier molecular flexibility index (Phi) is 13.7. The average Bonchev–Trinajstić information content (AvgIpc) is 2.17. The zero-order valence-corrected chi connectivity index (χ0v) is 10.6. The fourth-order valence-corrected chi connectivity index (χ4v) is 0.753. The normalized spacial score (nSPS) is 10.7. The summed E-state index contributed by atoms with van der Waals surface area (Å²) in [6, 6.07) is 0. The van der Waals surface area contributed by atoms with Crippen molar-refractivity contribution in [1.82, 2.24) is 0 Å². The predicted molar refractivity (Wildman–Crippen MR) is 73.0 cm³/mol. The van der Waals surface area contributed by atoms with Gasteiger partial charge in [0, 0.05) is 0 Å². The van der Waals surface area contributed by atoms with E-state index in [1.807, 2.05) is 50.3 Å². The molecule has 0 saturated heterocycles. The Hall–Kier alpha value is -1.30. The number of hydrogen-bond acceptors (Lipinski definition) is 0. The van der Waals surface area contributed by atoms with Gasteiger partial charge in [0.05, 0.1) is 0 Å². The molecule has 0 saturated carbocycles. The minimum atomic E-state index is 0.989. The topological polar surface area (TPSA) is 0 Å². The van der Waals surface area contributed by atoms with E-state index in [2.05, 4.69) is 27.0 Å². The van der Waals surface area contributed by atoms with Crippen LogP contribution in [0.25, 0.3) is 0 Å². The number of rotatable bonds is 4. The fraction of sp³-hybridized carbons (Fsp3) is 0.333. The van der Waals surface area contributed by atoms with Gasteiger partial charge in [0.1, 0.15) is 0 Å². The van der Waals surface area contributed by atoms with E-state index in [9.17, 15) is 0 Å². The lowest BCUT2D eigenvalue weighted by atomic mass is 10.2. The largest absolute Gasteiger partial charge is 0.0918 e. The van der Waals surface area contributed by atoms with Crippen LogP contribution in [0.15, 0.2) is 60.8 Å². The quantitative estimate of drug-likeness (QED) is 0.550. The first kappa shape index (κ1) is 16.1. The lowest BCUT2D eigenvalue weighted by molar-refractivity contribution is 1.09. The van der Waals surface area contributed by atoms with Crippen LogP contribution in [-0.4, -0.2) is 0 Å². The fourth-order valence-electron chi connectivity index (χ4n) is 0.753. The molecule has 0 fully saturated rings. The van der Waals surface area contributed by atoms with Gasteiger partial charge in [0.15, 0.2) is 0 Å². The molecule has 0 rings (SSSR count). The Balaban J connectivity index is 0. The third-order valence-electron chi connectivity index (χ3n) is 1.27. The van der Waals surface area contributed by atoms with Crippen molar-refractivity contribution in [3.63, 3.8) is 0 Å². The minimum Gasteiger partial charge on any atom is -0.0918 e. The van der Waals surface area contributed by atoms with Crippen LogP contribution in [0.5, 0.6) is 0 Å². The van der Waals surface area contributed by atoms with E-state index in [-0.39, 0.29) is 0 Å². The van der Waals surface area contributed by atoms with Crippen LogP contribution in [0.3, 0.4) is 0 Å². The van der Waals surface area contributed by atoms with Gasteiger partial charge in [0.2, 0.25) is 0 Å². The van der Waals surface area contributed by atoms with E-state index < -0.39 is 0 Å². The zero-order chi connectivity index (χ0) is 12.1. The molecule has 0 bridgehead atoms.